The molecule has 0 spiro atoms. The fraction of sp³-hybridized carbons (Fsp3) is 0.588. The van der Waals surface area contributed by atoms with Crippen molar-refractivity contribution < 1.29 is 9.53 Å². The van der Waals surface area contributed by atoms with Gasteiger partial charge in [-0.1, -0.05) is 38.7 Å². The molecule has 2 N–H and O–H groups in total. The first kappa shape index (κ1) is 15.7. The molecule has 1 aromatic carbocycles. The minimum absolute atomic E-state index is 0.118. The molecule has 21 heavy (non-hydrogen) atoms. The highest BCUT2D eigenvalue weighted by Gasteiger charge is 2.15. The van der Waals surface area contributed by atoms with E-state index < -0.39 is 0 Å². The van der Waals surface area contributed by atoms with Crippen LogP contribution in [0.4, 0.5) is 10.5 Å². The summed E-state index contributed by atoms with van der Waals surface area (Å²) in [7, 11) is 0. The number of anilines is 1. The zero-order valence-corrected chi connectivity index (χ0v) is 12.9. The van der Waals surface area contributed by atoms with Gasteiger partial charge in [0.15, 0.2) is 0 Å². The lowest BCUT2D eigenvalue weighted by molar-refractivity contribution is 0.244. The number of urea groups is 1. The number of ether oxygens (including phenoxy) is 1. The molecule has 1 aliphatic carbocycles. The average molecular weight is 290 g/mol. The molecular formula is C17H26N2O2. The number of amides is 2. The van der Waals surface area contributed by atoms with E-state index in [1.54, 1.807) is 0 Å². The van der Waals surface area contributed by atoms with Crippen LogP contribution in [0.25, 0.3) is 0 Å². The monoisotopic (exact) mass is 290 g/mol. The van der Waals surface area contributed by atoms with Gasteiger partial charge in [0.2, 0.25) is 0 Å². The summed E-state index contributed by atoms with van der Waals surface area (Å²) < 4.78 is 5.65. The standard InChI is InChI=1S/C17H26N2O2/c1-2-3-12-21-16-11-7-10-15(13-16)19-17(20)18-14-8-5-4-6-9-14/h7,10-11,13-14H,2-6,8-9,12H2,1H3,(H2,18,19,20). The highest BCUT2D eigenvalue weighted by molar-refractivity contribution is 5.89. The molecule has 1 saturated carbocycles. The maximum absolute atomic E-state index is 12.0. The summed E-state index contributed by atoms with van der Waals surface area (Å²) >= 11 is 0. The first-order chi connectivity index (χ1) is 10.3. The number of benzene rings is 1. The van der Waals surface area contributed by atoms with Gasteiger partial charge in [-0.3, -0.25) is 0 Å². The Morgan fingerprint density at radius 3 is 2.86 bits per heavy atom. The van der Waals surface area contributed by atoms with E-state index in [9.17, 15) is 4.79 Å². The number of carbonyl (C=O) groups excluding carboxylic acids is 1. The molecule has 0 heterocycles. The third kappa shape index (κ3) is 5.66. The van der Waals surface area contributed by atoms with Crippen LogP contribution in [0.2, 0.25) is 0 Å². The number of carbonyl (C=O) groups is 1. The van der Waals surface area contributed by atoms with E-state index in [-0.39, 0.29) is 6.03 Å². The van der Waals surface area contributed by atoms with Crippen LogP contribution in [0.5, 0.6) is 5.75 Å². The molecule has 1 aromatic rings. The van der Waals surface area contributed by atoms with Gasteiger partial charge >= 0.3 is 6.03 Å². The third-order valence-electron chi connectivity index (χ3n) is 3.80. The Labute approximate surface area is 127 Å². The van der Waals surface area contributed by atoms with Crippen LogP contribution in [0, 0.1) is 0 Å². The first-order valence-corrected chi connectivity index (χ1v) is 8.08. The Morgan fingerprint density at radius 2 is 2.10 bits per heavy atom. The number of unbranched alkanes of at least 4 members (excludes halogenated alkanes) is 1. The van der Waals surface area contributed by atoms with Crippen molar-refractivity contribution >= 4 is 11.7 Å². The van der Waals surface area contributed by atoms with Gasteiger partial charge < -0.3 is 15.4 Å². The Balaban J connectivity index is 1.80. The maximum atomic E-state index is 12.0. The van der Waals surface area contributed by atoms with Gasteiger partial charge in [0.1, 0.15) is 5.75 Å². The summed E-state index contributed by atoms with van der Waals surface area (Å²) in [5.74, 6) is 0.805. The zero-order chi connectivity index (χ0) is 14.9. The summed E-state index contributed by atoms with van der Waals surface area (Å²) in [6.07, 6.45) is 8.05. The summed E-state index contributed by atoms with van der Waals surface area (Å²) in [6, 6.07) is 7.77. The van der Waals surface area contributed by atoms with Crippen LogP contribution >= 0.6 is 0 Å². The molecule has 1 fully saturated rings. The second-order valence-corrected chi connectivity index (χ2v) is 5.66. The van der Waals surface area contributed by atoms with Crippen LogP contribution in [0.3, 0.4) is 0 Å². The quantitative estimate of drug-likeness (QED) is 0.767. The fourth-order valence-corrected chi connectivity index (χ4v) is 2.60. The van der Waals surface area contributed by atoms with E-state index in [2.05, 4.69) is 17.6 Å². The molecule has 4 heteroatoms. The lowest BCUT2D eigenvalue weighted by Gasteiger charge is -2.22. The van der Waals surface area contributed by atoms with Crippen LogP contribution in [-0.2, 0) is 0 Å². The van der Waals surface area contributed by atoms with E-state index in [0.29, 0.717) is 12.6 Å². The van der Waals surface area contributed by atoms with Gasteiger partial charge in [-0.25, -0.2) is 4.79 Å². The molecule has 0 aromatic heterocycles. The molecule has 2 amide bonds. The van der Waals surface area contributed by atoms with E-state index in [0.717, 1.165) is 37.1 Å². The number of hydrogen-bond donors (Lipinski definition) is 2. The SMILES string of the molecule is CCCCOc1cccc(NC(=O)NC2CCCCC2)c1. The average Bonchev–Trinajstić information content (AvgIpc) is 2.49. The van der Waals surface area contributed by atoms with Crippen molar-refractivity contribution in [3.05, 3.63) is 24.3 Å². The molecule has 0 radical (unpaired) electrons. The summed E-state index contributed by atoms with van der Waals surface area (Å²) in [6.45, 7) is 2.85. The highest BCUT2D eigenvalue weighted by Crippen LogP contribution is 2.19. The van der Waals surface area contributed by atoms with E-state index in [4.69, 9.17) is 4.74 Å². The predicted octanol–water partition coefficient (Wildman–Crippen LogP) is 4.32. The van der Waals surface area contributed by atoms with Gasteiger partial charge in [0, 0.05) is 17.8 Å². The molecule has 0 bridgehead atoms. The van der Waals surface area contributed by atoms with Crippen LogP contribution in [0.1, 0.15) is 51.9 Å². The molecule has 0 aliphatic heterocycles. The second kappa shape index (κ2) is 8.55. The normalized spacial score (nSPS) is 15.5. The van der Waals surface area contributed by atoms with Crippen molar-refractivity contribution in [2.24, 2.45) is 0 Å². The Kier molecular flexibility index (Phi) is 6.38. The van der Waals surface area contributed by atoms with Crippen molar-refractivity contribution in [1.82, 2.24) is 5.32 Å². The van der Waals surface area contributed by atoms with E-state index in [1.165, 1.54) is 19.3 Å². The summed E-state index contributed by atoms with van der Waals surface area (Å²) in [5, 5.41) is 5.94. The molecular weight excluding hydrogens is 264 g/mol. The fourth-order valence-electron chi connectivity index (χ4n) is 2.60. The van der Waals surface area contributed by atoms with Gasteiger partial charge in [0.05, 0.1) is 6.61 Å². The van der Waals surface area contributed by atoms with Crippen molar-refractivity contribution in [1.29, 1.82) is 0 Å². The zero-order valence-electron chi connectivity index (χ0n) is 12.9. The molecule has 0 unspecified atom stereocenters. The largest absolute Gasteiger partial charge is 0.494 e. The number of nitrogens with one attached hydrogen (secondary N) is 2. The Bertz CT molecular complexity index is 442. The van der Waals surface area contributed by atoms with Crippen LogP contribution in [-0.4, -0.2) is 18.7 Å². The predicted molar refractivity (Wildman–Crippen MR) is 85.9 cm³/mol. The molecule has 4 nitrogen and oxygen atoms in total. The molecule has 0 saturated heterocycles. The van der Waals surface area contributed by atoms with Crippen molar-refractivity contribution in [2.75, 3.05) is 11.9 Å². The van der Waals surface area contributed by atoms with Gasteiger partial charge in [0.25, 0.3) is 0 Å². The van der Waals surface area contributed by atoms with Crippen LogP contribution < -0.4 is 15.4 Å². The lowest BCUT2D eigenvalue weighted by atomic mass is 9.96. The molecule has 0 atom stereocenters. The van der Waals surface area contributed by atoms with Crippen LogP contribution in [0.15, 0.2) is 24.3 Å². The summed E-state index contributed by atoms with van der Waals surface area (Å²) in [4.78, 5) is 12.0. The van der Waals surface area contributed by atoms with E-state index >= 15 is 0 Å². The minimum Gasteiger partial charge on any atom is -0.494 e. The Morgan fingerprint density at radius 1 is 1.29 bits per heavy atom. The second-order valence-electron chi connectivity index (χ2n) is 5.66. The molecule has 116 valence electrons. The smallest absolute Gasteiger partial charge is 0.319 e. The van der Waals surface area contributed by atoms with Crippen molar-refractivity contribution in [3.63, 3.8) is 0 Å². The van der Waals surface area contributed by atoms with Crippen molar-refractivity contribution in [3.8, 4) is 5.75 Å². The number of hydrogen-bond acceptors (Lipinski definition) is 2. The van der Waals surface area contributed by atoms with E-state index in [1.807, 2.05) is 24.3 Å². The van der Waals surface area contributed by atoms with Crippen molar-refractivity contribution in [2.45, 2.75) is 57.9 Å². The van der Waals surface area contributed by atoms with Gasteiger partial charge in [-0.2, -0.15) is 0 Å². The lowest BCUT2D eigenvalue weighted by Crippen LogP contribution is -2.38. The number of rotatable bonds is 6. The topological polar surface area (TPSA) is 50.4 Å². The Hall–Kier alpha value is -1.71. The molecule has 2 rings (SSSR count). The van der Waals surface area contributed by atoms with Gasteiger partial charge in [-0.15, -0.1) is 0 Å². The molecule has 1 aliphatic rings. The summed E-state index contributed by atoms with van der Waals surface area (Å²) in [5.41, 5.74) is 0.775. The first-order valence-electron chi connectivity index (χ1n) is 8.08. The minimum atomic E-state index is -0.118. The highest BCUT2D eigenvalue weighted by atomic mass is 16.5. The third-order valence-corrected chi connectivity index (χ3v) is 3.80. The maximum Gasteiger partial charge on any atom is 0.319 e. The van der Waals surface area contributed by atoms with Gasteiger partial charge in [-0.05, 0) is 31.4 Å².